The van der Waals surface area contributed by atoms with Crippen LogP contribution in [0.5, 0.6) is 0 Å². The minimum atomic E-state index is -2.66. The number of halogens is 3. The molecule has 0 aromatic heterocycles. The molecule has 0 radical (unpaired) electrons. The molecule has 0 aliphatic heterocycles. The Balaban J connectivity index is 0.00000462. The zero-order valence-corrected chi connectivity index (χ0v) is 33.2. The standard InChI is InChI=1S/C39H51Si.3ClH.Ti/c1-10-28-19-29(11-2)23-34(22-28)40(38-18-16-17-37(38)39(7,8)9,35-24-30(12-3)20-31(13-4)25-35)36-26-32(14-5)21-33(15-6)27-36;;;;/h16,19-27H,10-15,18H2,1-9H3;3*1H;/q-1;;;;+4/p-3. The van der Waals surface area contributed by atoms with Crippen molar-refractivity contribution in [2.24, 2.45) is 5.41 Å². The number of rotatable bonds is 10. The molecule has 0 unspecified atom stereocenters. The smallest absolute Gasteiger partial charge is 1.00 e. The van der Waals surface area contributed by atoms with Crippen LogP contribution in [0, 0.1) is 11.5 Å². The predicted molar refractivity (Wildman–Crippen MR) is 179 cm³/mol. The van der Waals surface area contributed by atoms with Gasteiger partial charge in [0.2, 0.25) is 0 Å². The van der Waals surface area contributed by atoms with Gasteiger partial charge in [0.1, 0.15) is 0 Å². The molecule has 0 saturated heterocycles. The first-order valence-electron chi connectivity index (χ1n) is 15.9. The van der Waals surface area contributed by atoms with E-state index in [2.05, 4.69) is 129 Å². The van der Waals surface area contributed by atoms with Crippen molar-refractivity contribution in [3.05, 3.63) is 111 Å². The topological polar surface area (TPSA) is 0 Å². The van der Waals surface area contributed by atoms with E-state index in [9.17, 15) is 0 Å². The Morgan fingerprint density at radius 3 is 1.02 bits per heavy atom. The van der Waals surface area contributed by atoms with E-state index in [1.807, 2.05) is 0 Å². The third-order valence-corrected chi connectivity index (χ3v) is 13.8. The van der Waals surface area contributed by atoms with Gasteiger partial charge in [-0.1, -0.05) is 139 Å². The van der Waals surface area contributed by atoms with E-state index < -0.39 is 8.07 Å². The van der Waals surface area contributed by atoms with Crippen LogP contribution in [0.2, 0.25) is 0 Å². The van der Waals surface area contributed by atoms with Crippen LogP contribution in [0.4, 0.5) is 0 Å². The van der Waals surface area contributed by atoms with Gasteiger partial charge < -0.3 is 37.2 Å². The fourth-order valence-electron chi connectivity index (χ4n) is 6.64. The summed E-state index contributed by atoms with van der Waals surface area (Å²) in [6.45, 7) is 21.0. The average Bonchev–Trinajstić information content (AvgIpc) is 3.48. The maximum atomic E-state index is 3.82. The van der Waals surface area contributed by atoms with Gasteiger partial charge >= 0.3 is 21.7 Å². The Bertz CT molecular complexity index is 1230. The van der Waals surface area contributed by atoms with Crippen LogP contribution in [0.25, 0.3) is 0 Å². The van der Waals surface area contributed by atoms with E-state index in [0.717, 1.165) is 44.9 Å². The van der Waals surface area contributed by atoms with E-state index in [1.54, 1.807) is 20.8 Å². The van der Waals surface area contributed by atoms with Crippen molar-refractivity contribution in [2.75, 3.05) is 0 Å². The van der Waals surface area contributed by atoms with Crippen molar-refractivity contribution in [3.63, 3.8) is 0 Å². The van der Waals surface area contributed by atoms with Gasteiger partial charge in [-0.25, -0.2) is 10.8 Å². The fraction of sp³-hybridized carbons (Fsp3) is 0.436. The van der Waals surface area contributed by atoms with E-state index >= 15 is 0 Å². The van der Waals surface area contributed by atoms with Crippen LogP contribution in [0.3, 0.4) is 0 Å². The summed E-state index contributed by atoms with van der Waals surface area (Å²) in [6.07, 6.45) is 13.5. The first kappa shape index (κ1) is 42.9. The second-order valence-corrected chi connectivity index (χ2v) is 16.5. The first-order chi connectivity index (χ1) is 19.1. The van der Waals surface area contributed by atoms with Crippen molar-refractivity contribution in [3.8, 4) is 0 Å². The molecule has 236 valence electrons. The minimum Gasteiger partial charge on any atom is -1.00 e. The van der Waals surface area contributed by atoms with Crippen LogP contribution in [-0.2, 0) is 60.2 Å². The number of aryl methyl sites for hydroxylation is 6. The minimum absolute atomic E-state index is 0. The van der Waals surface area contributed by atoms with Gasteiger partial charge in [0.05, 0.1) is 8.07 Å². The fourth-order valence-corrected chi connectivity index (χ4v) is 12.3. The van der Waals surface area contributed by atoms with Gasteiger partial charge in [-0.05, 0) is 77.3 Å². The molecule has 1 aliphatic rings. The van der Waals surface area contributed by atoms with E-state index in [4.69, 9.17) is 0 Å². The summed E-state index contributed by atoms with van der Waals surface area (Å²) < 4.78 is 0. The second kappa shape index (κ2) is 18.3. The summed E-state index contributed by atoms with van der Waals surface area (Å²) in [6, 6.07) is 22.9. The molecule has 0 heterocycles. The van der Waals surface area contributed by atoms with Crippen LogP contribution < -0.4 is 52.8 Å². The summed E-state index contributed by atoms with van der Waals surface area (Å²) in [5.41, 5.74) is 10.2. The normalized spacial score (nSPS) is 12.7. The molecule has 4 rings (SSSR count). The summed E-state index contributed by atoms with van der Waals surface area (Å²) in [5, 5.41) is 6.32. The summed E-state index contributed by atoms with van der Waals surface area (Å²) in [7, 11) is -2.66. The van der Waals surface area contributed by atoms with Crippen molar-refractivity contribution in [2.45, 2.75) is 107 Å². The zero-order valence-electron chi connectivity index (χ0n) is 28.4. The maximum Gasteiger partial charge on any atom is 4.00 e. The molecule has 0 saturated carbocycles. The monoisotopic (exact) mass is 700 g/mol. The Labute approximate surface area is 304 Å². The quantitative estimate of drug-likeness (QED) is 0.148. The largest absolute Gasteiger partial charge is 4.00 e. The van der Waals surface area contributed by atoms with Gasteiger partial charge in [-0.15, -0.1) is 0 Å². The van der Waals surface area contributed by atoms with Gasteiger partial charge in [0.15, 0.2) is 0 Å². The molecule has 0 bridgehead atoms. The molecular weight excluding hydrogens is 651 g/mol. The molecule has 0 nitrogen and oxygen atoms in total. The van der Waals surface area contributed by atoms with Crippen LogP contribution in [-0.4, -0.2) is 8.07 Å². The Hall–Kier alpha value is -1.06. The molecule has 3 aromatic carbocycles. The third-order valence-electron chi connectivity index (χ3n) is 8.96. The Morgan fingerprint density at radius 1 is 0.523 bits per heavy atom. The average molecular weight is 702 g/mol. The van der Waals surface area contributed by atoms with Crippen molar-refractivity contribution < 1.29 is 58.9 Å². The third kappa shape index (κ3) is 8.64. The van der Waals surface area contributed by atoms with Crippen molar-refractivity contribution >= 4 is 23.6 Å². The van der Waals surface area contributed by atoms with Gasteiger partial charge in [-0.2, -0.15) is 6.08 Å². The maximum absolute atomic E-state index is 3.82. The summed E-state index contributed by atoms with van der Waals surface area (Å²) in [4.78, 5) is 0. The molecule has 0 amide bonds. The van der Waals surface area contributed by atoms with Gasteiger partial charge in [-0.3, -0.25) is 6.08 Å². The predicted octanol–water partition coefficient (Wildman–Crippen LogP) is -0.814. The van der Waals surface area contributed by atoms with Gasteiger partial charge in [0.25, 0.3) is 0 Å². The van der Waals surface area contributed by atoms with Crippen LogP contribution >= 0.6 is 0 Å². The van der Waals surface area contributed by atoms with E-state index in [-0.39, 0.29) is 64.4 Å². The number of benzene rings is 3. The van der Waals surface area contributed by atoms with E-state index in [0.29, 0.717) is 0 Å². The van der Waals surface area contributed by atoms with Crippen molar-refractivity contribution in [1.29, 1.82) is 0 Å². The summed E-state index contributed by atoms with van der Waals surface area (Å²) in [5.74, 6) is 0. The molecule has 0 fully saturated rings. The van der Waals surface area contributed by atoms with E-state index in [1.165, 1.54) is 39.0 Å². The second-order valence-electron chi connectivity index (χ2n) is 12.6. The molecule has 3 aromatic rings. The van der Waals surface area contributed by atoms with Crippen LogP contribution in [0.15, 0.2) is 71.4 Å². The molecule has 0 atom stereocenters. The molecule has 5 heteroatoms. The Morgan fingerprint density at radius 2 is 0.795 bits per heavy atom. The number of hydrogen-bond donors (Lipinski definition) is 0. The molecule has 44 heavy (non-hydrogen) atoms. The number of hydrogen-bond acceptors (Lipinski definition) is 0. The first-order valence-corrected chi connectivity index (χ1v) is 17.9. The van der Waals surface area contributed by atoms with Gasteiger partial charge in [0, 0.05) is 0 Å². The Kier molecular flexibility index (Phi) is 17.9. The number of allylic oxidation sites excluding steroid dienone is 4. The van der Waals surface area contributed by atoms with Crippen molar-refractivity contribution in [1.82, 2.24) is 0 Å². The molecule has 1 aliphatic carbocycles. The zero-order chi connectivity index (χ0) is 29.1. The molecule has 0 spiro atoms. The van der Waals surface area contributed by atoms with Crippen LogP contribution in [0.1, 0.15) is 102 Å². The summed E-state index contributed by atoms with van der Waals surface area (Å²) >= 11 is 0. The molecule has 0 N–H and O–H groups in total. The SMILES string of the molecule is CCc1cc(CC)cc([Si](C2=C(C(C)(C)C)[C-]=CC2)(c2cc(CC)cc(CC)c2)c2cc(CC)cc(CC)c2)c1.[Cl-].[Cl-].[Cl-].[Ti+4]. The molecular formula is C39H51Cl3SiTi.